The van der Waals surface area contributed by atoms with Crippen molar-refractivity contribution in [2.75, 3.05) is 13.6 Å². The number of hydrogen-bond acceptors (Lipinski definition) is 2. The second-order valence-corrected chi connectivity index (χ2v) is 3.37. The Morgan fingerprint density at radius 3 is 2.73 bits per heavy atom. The van der Waals surface area contributed by atoms with Gasteiger partial charge in [-0.25, -0.2) is 0 Å². The molecule has 0 heterocycles. The molecule has 1 rings (SSSR count). The van der Waals surface area contributed by atoms with E-state index in [4.69, 9.17) is 0 Å². The van der Waals surface area contributed by atoms with Crippen LogP contribution in [0, 0.1) is 5.92 Å². The van der Waals surface area contributed by atoms with Crippen LogP contribution >= 0.6 is 0 Å². The minimum absolute atomic E-state index is 0.422. The van der Waals surface area contributed by atoms with Crippen molar-refractivity contribution in [3.63, 3.8) is 0 Å². The van der Waals surface area contributed by atoms with E-state index >= 15 is 0 Å². The van der Waals surface area contributed by atoms with Gasteiger partial charge in [-0.3, -0.25) is 4.79 Å². The van der Waals surface area contributed by atoms with E-state index in [-0.39, 0.29) is 0 Å². The van der Waals surface area contributed by atoms with Crippen LogP contribution in [0.4, 0.5) is 0 Å². The molecule has 0 spiro atoms. The minimum Gasteiger partial charge on any atom is -0.319 e. The van der Waals surface area contributed by atoms with Crippen LogP contribution in [-0.2, 0) is 4.79 Å². The summed E-state index contributed by atoms with van der Waals surface area (Å²) < 4.78 is 0. The summed E-state index contributed by atoms with van der Waals surface area (Å²) in [7, 11) is 1.88. The lowest BCUT2D eigenvalue weighted by Crippen LogP contribution is -2.12. The number of rotatable bonds is 6. The van der Waals surface area contributed by atoms with Crippen LogP contribution in [0.25, 0.3) is 0 Å². The van der Waals surface area contributed by atoms with E-state index in [0.717, 1.165) is 25.3 Å². The highest BCUT2D eigenvalue weighted by molar-refractivity contribution is 5.78. The van der Waals surface area contributed by atoms with Gasteiger partial charge < -0.3 is 5.32 Å². The molecule has 0 amide bonds. The number of ketones is 1. The quantitative estimate of drug-likeness (QED) is 0.627. The maximum absolute atomic E-state index is 11.1. The van der Waals surface area contributed by atoms with Crippen molar-refractivity contribution in [1.29, 1.82) is 0 Å². The van der Waals surface area contributed by atoms with Crippen molar-refractivity contribution >= 4 is 5.78 Å². The van der Waals surface area contributed by atoms with E-state index in [2.05, 4.69) is 5.32 Å². The third-order valence-electron chi connectivity index (χ3n) is 2.18. The average molecular weight is 155 g/mol. The number of carbonyl (C=O) groups excluding carboxylic acids is 1. The van der Waals surface area contributed by atoms with Gasteiger partial charge in [0.2, 0.25) is 0 Å². The molecule has 1 N–H and O–H groups in total. The first-order chi connectivity index (χ1) is 5.33. The molecular weight excluding hydrogens is 138 g/mol. The van der Waals surface area contributed by atoms with Gasteiger partial charge in [-0.1, -0.05) is 12.8 Å². The van der Waals surface area contributed by atoms with Gasteiger partial charge in [-0.05, 0) is 19.4 Å². The summed E-state index contributed by atoms with van der Waals surface area (Å²) in [6.45, 7) is 0.837. The fourth-order valence-corrected chi connectivity index (χ4v) is 1.16. The van der Waals surface area contributed by atoms with Crippen molar-refractivity contribution in [2.24, 2.45) is 5.92 Å². The summed E-state index contributed by atoms with van der Waals surface area (Å²) in [4.78, 5) is 11.1. The van der Waals surface area contributed by atoms with Crippen LogP contribution in [0.2, 0.25) is 0 Å². The van der Waals surface area contributed by atoms with Crippen molar-refractivity contribution in [3.8, 4) is 0 Å². The Kier molecular flexibility index (Phi) is 3.57. The topological polar surface area (TPSA) is 29.1 Å². The first-order valence-corrected chi connectivity index (χ1v) is 4.49. The fraction of sp³-hybridized carbons (Fsp3) is 0.889. The van der Waals surface area contributed by atoms with E-state index in [1.165, 1.54) is 12.8 Å². The molecule has 11 heavy (non-hydrogen) atoms. The van der Waals surface area contributed by atoms with Crippen LogP contribution in [0.3, 0.4) is 0 Å². The fourth-order valence-electron chi connectivity index (χ4n) is 1.16. The van der Waals surface area contributed by atoms with E-state index in [1.807, 2.05) is 7.05 Å². The predicted molar refractivity (Wildman–Crippen MR) is 45.5 cm³/mol. The molecule has 0 aromatic rings. The number of hydrogen-bond donors (Lipinski definition) is 1. The minimum atomic E-state index is 0.422. The first-order valence-electron chi connectivity index (χ1n) is 4.49. The highest BCUT2D eigenvalue weighted by atomic mass is 16.1. The van der Waals surface area contributed by atoms with E-state index in [1.54, 1.807) is 0 Å². The standard InChI is InChI=1S/C9H17NO/c1-10-7-6-9(11)5-4-8-2-3-8/h8,10H,2-7H2,1H3. The van der Waals surface area contributed by atoms with Gasteiger partial charge in [0, 0.05) is 19.4 Å². The van der Waals surface area contributed by atoms with E-state index < -0.39 is 0 Å². The molecule has 0 unspecified atom stereocenters. The third kappa shape index (κ3) is 4.14. The van der Waals surface area contributed by atoms with Gasteiger partial charge in [0.05, 0.1) is 0 Å². The maximum atomic E-state index is 11.1. The second-order valence-electron chi connectivity index (χ2n) is 3.37. The van der Waals surface area contributed by atoms with Gasteiger partial charge in [0.1, 0.15) is 5.78 Å². The summed E-state index contributed by atoms with van der Waals surface area (Å²) in [6, 6.07) is 0. The van der Waals surface area contributed by atoms with E-state index in [9.17, 15) is 4.79 Å². The Labute approximate surface area is 68.4 Å². The molecule has 2 nitrogen and oxygen atoms in total. The normalized spacial score (nSPS) is 16.8. The van der Waals surface area contributed by atoms with Gasteiger partial charge in [0.25, 0.3) is 0 Å². The smallest absolute Gasteiger partial charge is 0.134 e. The SMILES string of the molecule is CNCCC(=O)CCC1CC1. The van der Waals surface area contributed by atoms with Crippen LogP contribution in [0.1, 0.15) is 32.1 Å². The lowest BCUT2D eigenvalue weighted by atomic mass is 10.1. The first kappa shape index (κ1) is 8.72. The van der Waals surface area contributed by atoms with Crippen molar-refractivity contribution in [1.82, 2.24) is 5.32 Å². The summed E-state index contributed by atoms with van der Waals surface area (Å²) >= 11 is 0. The molecule has 0 atom stereocenters. The molecule has 0 radical (unpaired) electrons. The average Bonchev–Trinajstić information content (AvgIpc) is 2.80. The molecule has 1 fully saturated rings. The summed E-state index contributed by atoms with van der Waals surface area (Å²) in [5, 5.41) is 2.98. The van der Waals surface area contributed by atoms with Gasteiger partial charge >= 0.3 is 0 Å². The zero-order valence-electron chi connectivity index (χ0n) is 7.23. The largest absolute Gasteiger partial charge is 0.319 e. The van der Waals surface area contributed by atoms with Crippen molar-refractivity contribution < 1.29 is 4.79 Å². The molecule has 0 aromatic carbocycles. The van der Waals surface area contributed by atoms with Gasteiger partial charge in [-0.15, -0.1) is 0 Å². The van der Waals surface area contributed by atoms with Crippen molar-refractivity contribution in [3.05, 3.63) is 0 Å². The molecule has 1 saturated carbocycles. The Morgan fingerprint density at radius 1 is 1.45 bits per heavy atom. The summed E-state index contributed by atoms with van der Waals surface area (Å²) in [6.07, 6.45) is 5.39. The van der Waals surface area contributed by atoms with Crippen LogP contribution in [0.5, 0.6) is 0 Å². The third-order valence-corrected chi connectivity index (χ3v) is 2.18. The lowest BCUT2D eigenvalue weighted by Gasteiger charge is -1.98. The molecule has 1 aliphatic rings. The Balaban J connectivity index is 1.91. The molecule has 0 saturated heterocycles. The van der Waals surface area contributed by atoms with Gasteiger partial charge in [0.15, 0.2) is 0 Å². The molecular formula is C9H17NO. The van der Waals surface area contributed by atoms with Crippen LogP contribution in [0.15, 0.2) is 0 Å². The Bertz CT molecular complexity index is 130. The number of Topliss-reactive ketones (excluding diaryl/α,β-unsaturated/α-hetero) is 1. The molecule has 2 heteroatoms. The Morgan fingerprint density at radius 2 is 2.18 bits per heavy atom. The van der Waals surface area contributed by atoms with Gasteiger partial charge in [-0.2, -0.15) is 0 Å². The van der Waals surface area contributed by atoms with E-state index in [0.29, 0.717) is 12.2 Å². The molecule has 0 aliphatic heterocycles. The predicted octanol–water partition coefficient (Wildman–Crippen LogP) is 1.36. The highest BCUT2D eigenvalue weighted by Crippen LogP contribution is 2.33. The highest BCUT2D eigenvalue weighted by Gasteiger charge is 2.21. The molecule has 0 bridgehead atoms. The monoisotopic (exact) mass is 155 g/mol. The molecule has 0 aromatic heterocycles. The Hall–Kier alpha value is -0.370. The lowest BCUT2D eigenvalue weighted by molar-refractivity contribution is -0.119. The zero-order chi connectivity index (χ0) is 8.10. The van der Waals surface area contributed by atoms with Crippen LogP contribution < -0.4 is 5.32 Å². The zero-order valence-corrected chi connectivity index (χ0v) is 7.23. The molecule has 1 aliphatic carbocycles. The van der Waals surface area contributed by atoms with Crippen molar-refractivity contribution in [2.45, 2.75) is 32.1 Å². The summed E-state index contributed by atoms with van der Waals surface area (Å²) in [5.41, 5.74) is 0. The summed E-state index contributed by atoms with van der Waals surface area (Å²) in [5.74, 6) is 1.32. The number of carbonyl (C=O) groups is 1. The second kappa shape index (κ2) is 4.50. The van der Waals surface area contributed by atoms with Crippen LogP contribution in [-0.4, -0.2) is 19.4 Å². The molecule has 64 valence electrons. The maximum Gasteiger partial charge on any atom is 0.134 e. The number of nitrogens with one attached hydrogen (secondary N) is 1.